The Hall–Kier alpha value is -2.40. The van der Waals surface area contributed by atoms with Crippen molar-refractivity contribution >= 4 is 33.1 Å². The number of rotatable bonds is 4. The second-order valence-electron chi connectivity index (χ2n) is 5.02. The van der Waals surface area contributed by atoms with E-state index in [1.165, 1.54) is 11.3 Å². The van der Waals surface area contributed by atoms with Crippen LogP contribution in [0.4, 0.5) is 5.13 Å². The monoisotopic (exact) mass is 312 g/mol. The molecule has 0 bridgehead atoms. The minimum Gasteiger partial charge on any atom is -0.497 e. The van der Waals surface area contributed by atoms with Crippen molar-refractivity contribution in [3.63, 3.8) is 0 Å². The zero-order valence-electron chi connectivity index (χ0n) is 12.4. The maximum atomic E-state index is 12.3. The van der Waals surface area contributed by atoms with Gasteiger partial charge in [0.1, 0.15) is 5.75 Å². The number of hydrogen-bond acceptors (Lipinski definition) is 4. The van der Waals surface area contributed by atoms with Gasteiger partial charge in [0.2, 0.25) is 5.91 Å². The van der Waals surface area contributed by atoms with Crippen LogP contribution in [0.1, 0.15) is 18.4 Å². The van der Waals surface area contributed by atoms with Crippen LogP contribution in [-0.2, 0) is 4.79 Å². The van der Waals surface area contributed by atoms with Gasteiger partial charge in [-0.05, 0) is 35.4 Å². The third-order valence-electron chi connectivity index (χ3n) is 3.63. The van der Waals surface area contributed by atoms with Crippen molar-refractivity contribution in [1.29, 1.82) is 0 Å². The van der Waals surface area contributed by atoms with E-state index in [9.17, 15) is 4.79 Å². The van der Waals surface area contributed by atoms with Gasteiger partial charge in [0.05, 0.1) is 13.0 Å². The molecule has 2 aromatic carbocycles. The van der Waals surface area contributed by atoms with Gasteiger partial charge in [-0.1, -0.05) is 24.3 Å². The number of nitrogens with zero attached hydrogens (tertiary/aromatic N) is 1. The van der Waals surface area contributed by atoms with Crippen LogP contribution in [0.15, 0.2) is 48.0 Å². The summed E-state index contributed by atoms with van der Waals surface area (Å²) in [5, 5.41) is 7.48. The summed E-state index contributed by atoms with van der Waals surface area (Å²) in [5.41, 5.74) is 0.978. The molecule has 3 rings (SSSR count). The predicted molar refractivity (Wildman–Crippen MR) is 89.7 cm³/mol. The molecule has 0 aliphatic rings. The Bertz CT molecular complexity index is 800. The van der Waals surface area contributed by atoms with Gasteiger partial charge in [0.15, 0.2) is 5.13 Å². The van der Waals surface area contributed by atoms with Crippen molar-refractivity contribution in [2.75, 3.05) is 12.4 Å². The number of aromatic nitrogens is 1. The topological polar surface area (TPSA) is 51.2 Å². The number of fused-ring (bicyclic) bond motifs is 1. The number of carbonyl (C=O) groups excluding carboxylic acids is 1. The summed E-state index contributed by atoms with van der Waals surface area (Å²) in [5.74, 6) is 0.535. The maximum Gasteiger partial charge on any atom is 0.233 e. The molecule has 3 aromatic rings. The van der Waals surface area contributed by atoms with Gasteiger partial charge in [-0.3, -0.25) is 4.79 Å². The van der Waals surface area contributed by atoms with Crippen molar-refractivity contribution in [2.45, 2.75) is 12.8 Å². The Morgan fingerprint density at radius 3 is 2.73 bits per heavy atom. The molecule has 1 atom stereocenters. The van der Waals surface area contributed by atoms with Crippen LogP contribution >= 0.6 is 11.3 Å². The van der Waals surface area contributed by atoms with Crippen LogP contribution < -0.4 is 10.1 Å². The number of carbonyl (C=O) groups is 1. The lowest BCUT2D eigenvalue weighted by Crippen LogP contribution is -2.18. The molecule has 0 aliphatic carbocycles. The van der Waals surface area contributed by atoms with E-state index in [1.54, 1.807) is 13.3 Å². The fourth-order valence-corrected chi connectivity index (χ4v) is 2.82. The Kier molecular flexibility index (Phi) is 4.06. The quantitative estimate of drug-likeness (QED) is 0.791. The molecular weight excluding hydrogens is 296 g/mol. The van der Waals surface area contributed by atoms with Crippen LogP contribution in [0.5, 0.6) is 5.75 Å². The summed E-state index contributed by atoms with van der Waals surface area (Å²) < 4.78 is 5.23. The fraction of sp³-hybridized carbons (Fsp3) is 0.176. The van der Waals surface area contributed by atoms with E-state index in [2.05, 4.69) is 10.3 Å². The van der Waals surface area contributed by atoms with Gasteiger partial charge in [-0.15, -0.1) is 11.3 Å². The third kappa shape index (κ3) is 2.94. The van der Waals surface area contributed by atoms with Gasteiger partial charge in [0.25, 0.3) is 0 Å². The van der Waals surface area contributed by atoms with E-state index < -0.39 is 0 Å². The van der Waals surface area contributed by atoms with Crippen molar-refractivity contribution in [3.8, 4) is 5.75 Å². The summed E-state index contributed by atoms with van der Waals surface area (Å²) in [6, 6.07) is 11.9. The van der Waals surface area contributed by atoms with Crippen LogP contribution in [0.25, 0.3) is 10.8 Å². The number of thiazole rings is 1. The SMILES string of the molecule is COc1ccc2cc([C@@H](C)C(=O)Nc3nccs3)ccc2c1. The number of amides is 1. The molecule has 0 saturated heterocycles. The van der Waals surface area contributed by atoms with Gasteiger partial charge in [-0.25, -0.2) is 4.98 Å². The lowest BCUT2D eigenvalue weighted by molar-refractivity contribution is -0.117. The van der Waals surface area contributed by atoms with E-state index in [1.807, 2.05) is 48.7 Å². The number of ether oxygens (including phenoxy) is 1. The molecule has 1 heterocycles. The van der Waals surface area contributed by atoms with E-state index in [4.69, 9.17) is 4.74 Å². The molecule has 0 saturated carbocycles. The normalized spacial score (nSPS) is 12.1. The molecule has 22 heavy (non-hydrogen) atoms. The molecule has 0 unspecified atom stereocenters. The highest BCUT2D eigenvalue weighted by molar-refractivity contribution is 7.13. The zero-order valence-corrected chi connectivity index (χ0v) is 13.2. The summed E-state index contributed by atoms with van der Waals surface area (Å²) in [6.07, 6.45) is 1.67. The first-order valence-electron chi connectivity index (χ1n) is 6.95. The average molecular weight is 312 g/mol. The van der Waals surface area contributed by atoms with Crippen LogP contribution in [0, 0.1) is 0 Å². The molecule has 0 radical (unpaired) electrons. The second-order valence-corrected chi connectivity index (χ2v) is 5.92. The average Bonchev–Trinajstić information content (AvgIpc) is 3.06. The third-order valence-corrected chi connectivity index (χ3v) is 4.32. The summed E-state index contributed by atoms with van der Waals surface area (Å²) in [6.45, 7) is 1.90. The van der Waals surface area contributed by atoms with E-state index in [0.29, 0.717) is 5.13 Å². The van der Waals surface area contributed by atoms with E-state index in [-0.39, 0.29) is 11.8 Å². The van der Waals surface area contributed by atoms with Crippen molar-refractivity contribution in [1.82, 2.24) is 4.98 Å². The Morgan fingerprint density at radius 2 is 2.00 bits per heavy atom. The fourth-order valence-electron chi connectivity index (χ4n) is 2.29. The molecule has 0 spiro atoms. The second kappa shape index (κ2) is 6.15. The van der Waals surface area contributed by atoms with E-state index >= 15 is 0 Å². The number of anilines is 1. The van der Waals surface area contributed by atoms with Crippen LogP contribution in [0.3, 0.4) is 0 Å². The first-order valence-corrected chi connectivity index (χ1v) is 7.83. The first kappa shape index (κ1) is 14.5. The molecule has 1 N–H and O–H groups in total. The largest absolute Gasteiger partial charge is 0.497 e. The highest BCUT2D eigenvalue weighted by Gasteiger charge is 2.16. The lowest BCUT2D eigenvalue weighted by Gasteiger charge is -2.12. The summed E-state index contributed by atoms with van der Waals surface area (Å²) >= 11 is 1.41. The number of nitrogens with one attached hydrogen (secondary N) is 1. The minimum absolute atomic E-state index is 0.0530. The maximum absolute atomic E-state index is 12.3. The van der Waals surface area contributed by atoms with Crippen molar-refractivity contribution < 1.29 is 9.53 Å². The summed E-state index contributed by atoms with van der Waals surface area (Å²) in [7, 11) is 1.65. The van der Waals surface area contributed by atoms with Gasteiger partial charge in [-0.2, -0.15) is 0 Å². The molecule has 0 aliphatic heterocycles. The highest BCUT2D eigenvalue weighted by atomic mass is 32.1. The predicted octanol–water partition coefficient (Wildman–Crippen LogP) is 4.05. The number of hydrogen-bond donors (Lipinski definition) is 1. The first-order chi connectivity index (χ1) is 10.7. The molecule has 5 heteroatoms. The summed E-state index contributed by atoms with van der Waals surface area (Å²) in [4.78, 5) is 16.4. The van der Waals surface area contributed by atoms with Crippen LogP contribution in [0.2, 0.25) is 0 Å². The molecule has 112 valence electrons. The van der Waals surface area contributed by atoms with Gasteiger partial charge in [0, 0.05) is 11.6 Å². The van der Waals surface area contributed by atoms with Gasteiger partial charge < -0.3 is 10.1 Å². The molecular formula is C17H16N2O2S. The van der Waals surface area contributed by atoms with Crippen molar-refractivity contribution in [3.05, 3.63) is 53.5 Å². The lowest BCUT2D eigenvalue weighted by atomic mass is 9.97. The Balaban J connectivity index is 1.84. The molecule has 1 aromatic heterocycles. The number of benzene rings is 2. The Morgan fingerprint density at radius 1 is 1.23 bits per heavy atom. The molecule has 4 nitrogen and oxygen atoms in total. The molecule has 0 fully saturated rings. The van der Waals surface area contributed by atoms with Gasteiger partial charge >= 0.3 is 0 Å². The van der Waals surface area contributed by atoms with Crippen molar-refractivity contribution in [2.24, 2.45) is 0 Å². The highest BCUT2D eigenvalue weighted by Crippen LogP contribution is 2.26. The smallest absolute Gasteiger partial charge is 0.233 e. The standard InChI is InChI=1S/C17H16N2O2S/c1-11(16(20)19-17-18-7-8-22-17)12-3-4-14-10-15(21-2)6-5-13(14)9-12/h3-11H,1-2H3,(H,18,19,20)/t11-/m1/s1. The minimum atomic E-state index is -0.240. The molecule has 1 amide bonds. The zero-order chi connectivity index (χ0) is 15.5. The number of methoxy groups -OCH3 is 1. The van der Waals surface area contributed by atoms with Crippen LogP contribution in [-0.4, -0.2) is 18.0 Å². The Labute approximate surface area is 132 Å². The van der Waals surface area contributed by atoms with E-state index in [0.717, 1.165) is 22.1 Å².